The number of rotatable bonds is 3. The lowest BCUT2D eigenvalue weighted by Gasteiger charge is -2.18. The van der Waals surface area contributed by atoms with Gasteiger partial charge in [-0.05, 0) is 54.7 Å². The minimum Gasteiger partial charge on any atom is -0.489 e. The highest BCUT2D eigenvalue weighted by atomic mass is 35.5. The van der Waals surface area contributed by atoms with E-state index in [0.29, 0.717) is 6.61 Å². The van der Waals surface area contributed by atoms with E-state index < -0.39 is 0 Å². The molecule has 2 aromatic carbocycles. The molecule has 0 saturated heterocycles. The van der Waals surface area contributed by atoms with Crippen molar-refractivity contribution in [2.75, 3.05) is 0 Å². The predicted octanol–water partition coefficient (Wildman–Crippen LogP) is 4.43. The summed E-state index contributed by atoms with van der Waals surface area (Å²) >= 11 is 5.86. The molecule has 1 aliphatic carbocycles. The van der Waals surface area contributed by atoms with Gasteiger partial charge in [-0.1, -0.05) is 35.0 Å². The number of fused-ring (bicyclic) bond motifs is 1. The van der Waals surface area contributed by atoms with Crippen LogP contribution in [-0.4, -0.2) is 10.9 Å². The van der Waals surface area contributed by atoms with E-state index in [0.717, 1.165) is 46.9 Å². The van der Waals surface area contributed by atoms with Gasteiger partial charge in [0.05, 0.1) is 5.71 Å². The molecule has 0 spiro atoms. The van der Waals surface area contributed by atoms with Crippen molar-refractivity contribution in [2.45, 2.75) is 25.9 Å². The van der Waals surface area contributed by atoms with Crippen LogP contribution in [0.3, 0.4) is 0 Å². The molecule has 0 bridgehead atoms. The molecule has 108 valence electrons. The lowest BCUT2D eigenvalue weighted by atomic mass is 9.90. The molecule has 0 aromatic heterocycles. The lowest BCUT2D eigenvalue weighted by Crippen LogP contribution is -2.12. The number of nitrogens with zero attached hydrogens (tertiary/aromatic N) is 1. The summed E-state index contributed by atoms with van der Waals surface area (Å²) in [5, 5.41) is 13.2. The summed E-state index contributed by atoms with van der Waals surface area (Å²) in [5.74, 6) is 0.784. The van der Waals surface area contributed by atoms with Crippen molar-refractivity contribution in [3.63, 3.8) is 0 Å². The molecule has 0 radical (unpaired) electrons. The third-order valence-electron chi connectivity index (χ3n) is 3.69. The third-order valence-corrected chi connectivity index (χ3v) is 3.94. The minimum atomic E-state index is 0.488. The smallest absolute Gasteiger partial charge is 0.120 e. The summed E-state index contributed by atoms with van der Waals surface area (Å²) in [7, 11) is 0. The summed E-state index contributed by atoms with van der Waals surface area (Å²) in [5.41, 5.74) is 4.02. The Labute approximate surface area is 128 Å². The van der Waals surface area contributed by atoms with Crippen LogP contribution in [0.4, 0.5) is 0 Å². The van der Waals surface area contributed by atoms with E-state index in [1.807, 2.05) is 36.4 Å². The first-order chi connectivity index (χ1) is 10.3. The quantitative estimate of drug-likeness (QED) is 0.673. The van der Waals surface area contributed by atoms with Gasteiger partial charge in [0.2, 0.25) is 0 Å². The summed E-state index contributed by atoms with van der Waals surface area (Å²) in [4.78, 5) is 0. The van der Waals surface area contributed by atoms with Gasteiger partial charge in [-0.15, -0.1) is 0 Å². The Morgan fingerprint density at radius 2 is 1.90 bits per heavy atom. The second-order valence-electron chi connectivity index (χ2n) is 5.13. The van der Waals surface area contributed by atoms with E-state index in [1.54, 1.807) is 0 Å². The fraction of sp³-hybridized carbons (Fsp3) is 0.235. The summed E-state index contributed by atoms with van der Waals surface area (Å²) in [6.45, 7) is 0.488. The van der Waals surface area contributed by atoms with Gasteiger partial charge >= 0.3 is 0 Å². The maximum absolute atomic E-state index is 9.10. The predicted molar refractivity (Wildman–Crippen MR) is 83.5 cm³/mol. The molecule has 3 rings (SSSR count). The Kier molecular flexibility index (Phi) is 4.11. The van der Waals surface area contributed by atoms with Gasteiger partial charge in [-0.2, -0.15) is 0 Å². The molecule has 0 saturated carbocycles. The SMILES string of the molecule is O/N=C1/CCCc2ccc(OCc3ccc(Cl)cc3)cc21. The summed E-state index contributed by atoms with van der Waals surface area (Å²) in [6, 6.07) is 13.6. The standard InChI is InChI=1S/C17H16ClNO2/c18-14-7-4-12(5-8-14)11-21-15-9-6-13-2-1-3-17(19-20)16(13)10-15/h4-10,20H,1-3,11H2/b19-17-. The molecule has 4 heteroatoms. The Morgan fingerprint density at radius 1 is 1.10 bits per heavy atom. The van der Waals surface area contributed by atoms with Crippen LogP contribution in [0.15, 0.2) is 47.6 Å². The van der Waals surface area contributed by atoms with Gasteiger partial charge in [-0.25, -0.2) is 0 Å². The van der Waals surface area contributed by atoms with Crippen LogP contribution >= 0.6 is 11.6 Å². The van der Waals surface area contributed by atoms with Gasteiger partial charge in [0, 0.05) is 10.6 Å². The first-order valence-electron chi connectivity index (χ1n) is 6.98. The first kappa shape index (κ1) is 14.0. The molecule has 2 aromatic rings. The van der Waals surface area contributed by atoms with Crippen molar-refractivity contribution in [3.05, 3.63) is 64.2 Å². The van der Waals surface area contributed by atoms with E-state index in [-0.39, 0.29) is 0 Å². The Morgan fingerprint density at radius 3 is 2.67 bits per heavy atom. The average molecular weight is 302 g/mol. The van der Waals surface area contributed by atoms with Crippen LogP contribution in [0, 0.1) is 0 Å². The molecule has 0 amide bonds. The van der Waals surface area contributed by atoms with Gasteiger partial charge in [0.15, 0.2) is 0 Å². The van der Waals surface area contributed by atoms with Gasteiger partial charge < -0.3 is 9.94 Å². The second kappa shape index (κ2) is 6.19. The van der Waals surface area contributed by atoms with E-state index in [1.165, 1.54) is 5.56 Å². The van der Waals surface area contributed by atoms with E-state index in [2.05, 4.69) is 11.2 Å². The van der Waals surface area contributed by atoms with Crippen LogP contribution in [0.25, 0.3) is 0 Å². The van der Waals surface area contributed by atoms with Gasteiger partial charge in [0.25, 0.3) is 0 Å². The molecule has 21 heavy (non-hydrogen) atoms. The van der Waals surface area contributed by atoms with Crippen molar-refractivity contribution >= 4 is 17.3 Å². The topological polar surface area (TPSA) is 41.8 Å². The zero-order chi connectivity index (χ0) is 14.7. The fourth-order valence-corrected chi connectivity index (χ4v) is 2.69. The van der Waals surface area contributed by atoms with Crippen molar-refractivity contribution < 1.29 is 9.94 Å². The fourth-order valence-electron chi connectivity index (χ4n) is 2.56. The Balaban J connectivity index is 1.76. The maximum atomic E-state index is 9.10. The molecule has 1 aliphatic rings. The Bertz CT molecular complexity index is 665. The van der Waals surface area contributed by atoms with Gasteiger partial charge in [0.1, 0.15) is 12.4 Å². The van der Waals surface area contributed by atoms with Gasteiger partial charge in [-0.3, -0.25) is 0 Å². The number of ether oxygens (including phenoxy) is 1. The van der Waals surface area contributed by atoms with E-state index in [9.17, 15) is 0 Å². The van der Waals surface area contributed by atoms with Crippen LogP contribution in [-0.2, 0) is 13.0 Å². The summed E-state index contributed by atoms with van der Waals surface area (Å²) in [6.07, 6.45) is 2.85. The largest absolute Gasteiger partial charge is 0.489 e. The first-order valence-corrected chi connectivity index (χ1v) is 7.35. The molecule has 0 unspecified atom stereocenters. The van der Waals surface area contributed by atoms with Crippen LogP contribution < -0.4 is 4.74 Å². The number of hydrogen-bond donors (Lipinski definition) is 1. The average Bonchev–Trinajstić information content (AvgIpc) is 2.53. The molecule has 0 aliphatic heterocycles. The maximum Gasteiger partial charge on any atom is 0.120 e. The van der Waals surface area contributed by atoms with Crippen molar-refractivity contribution in [3.8, 4) is 5.75 Å². The van der Waals surface area contributed by atoms with Crippen molar-refractivity contribution in [1.29, 1.82) is 0 Å². The molecule has 3 nitrogen and oxygen atoms in total. The third kappa shape index (κ3) is 3.19. The number of aryl methyl sites for hydroxylation is 1. The number of halogens is 1. The van der Waals surface area contributed by atoms with Crippen molar-refractivity contribution in [1.82, 2.24) is 0 Å². The summed E-state index contributed by atoms with van der Waals surface area (Å²) < 4.78 is 5.81. The minimum absolute atomic E-state index is 0.488. The zero-order valence-electron chi connectivity index (χ0n) is 11.6. The zero-order valence-corrected chi connectivity index (χ0v) is 12.3. The van der Waals surface area contributed by atoms with Crippen LogP contribution in [0.2, 0.25) is 5.02 Å². The van der Waals surface area contributed by atoms with Crippen LogP contribution in [0.5, 0.6) is 5.75 Å². The molecule has 0 atom stereocenters. The van der Waals surface area contributed by atoms with Crippen molar-refractivity contribution in [2.24, 2.45) is 5.16 Å². The molecule has 1 N–H and O–H groups in total. The Hall–Kier alpha value is -2.00. The highest BCUT2D eigenvalue weighted by Gasteiger charge is 2.16. The molecular weight excluding hydrogens is 286 g/mol. The van der Waals surface area contributed by atoms with E-state index in [4.69, 9.17) is 21.5 Å². The number of hydrogen-bond acceptors (Lipinski definition) is 3. The molecular formula is C17H16ClNO2. The number of benzene rings is 2. The van der Waals surface area contributed by atoms with Crippen LogP contribution in [0.1, 0.15) is 29.5 Å². The second-order valence-corrected chi connectivity index (χ2v) is 5.57. The highest BCUT2D eigenvalue weighted by Crippen LogP contribution is 2.26. The number of oxime groups is 1. The molecule has 0 heterocycles. The monoisotopic (exact) mass is 301 g/mol. The van der Waals surface area contributed by atoms with E-state index >= 15 is 0 Å². The normalized spacial score (nSPS) is 15.8. The highest BCUT2D eigenvalue weighted by molar-refractivity contribution is 6.30. The lowest BCUT2D eigenvalue weighted by molar-refractivity contribution is 0.305. The molecule has 0 fully saturated rings.